The number of nitrogens with zero attached hydrogens (tertiary/aromatic N) is 2. The minimum absolute atomic E-state index is 0.186. The van der Waals surface area contributed by atoms with E-state index in [0.717, 1.165) is 24.3 Å². The van der Waals surface area contributed by atoms with E-state index in [1.54, 1.807) is 0 Å². The number of rotatable bonds is 4. The van der Waals surface area contributed by atoms with E-state index in [-0.39, 0.29) is 12.2 Å². The normalized spacial score (nSPS) is 10.7. The third-order valence-corrected chi connectivity index (χ3v) is 3.49. The maximum Gasteiger partial charge on any atom is 0.416 e. The second kappa shape index (κ2) is 7.70. The van der Waals surface area contributed by atoms with E-state index in [1.807, 2.05) is 6.07 Å². The van der Waals surface area contributed by atoms with Crippen LogP contribution in [0.1, 0.15) is 18.1 Å². The predicted octanol–water partition coefficient (Wildman–Crippen LogP) is 3.57. The van der Waals surface area contributed by atoms with E-state index in [1.165, 1.54) is 36.1 Å². The van der Waals surface area contributed by atoms with Gasteiger partial charge in [0.2, 0.25) is 11.8 Å². The molecule has 2 aromatic rings. The molecule has 0 aromatic heterocycles. The molecule has 0 saturated heterocycles. The largest absolute Gasteiger partial charge is 0.416 e. The van der Waals surface area contributed by atoms with E-state index in [2.05, 4.69) is 5.32 Å². The summed E-state index contributed by atoms with van der Waals surface area (Å²) in [4.78, 5) is 25.1. The van der Waals surface area contributed by atoms with Crippen LogP contribution in [0, 0.1) is 11.3 Å². The van der Waals surface area contributed by atoms with Crippen LogP contribution in [0.2, 0.25) is 0 Å². The monoisotopic (exact) mass is 361 g/mol. The molecule has 2 amide bonds. The second-order valence-corrected chi connectivity index (χ2v) is 5.39. The Kier molecular flexibility index (Phi) is 5.62. The van der Waals surface area contributed by atoms with Crippen LogP contribution >= 0.6 is 0 Å². The molecular formula is C18H14F3N3O2. The lowest BCUT2D eigenvalue weighted by molar-refractivity contribution is -0.137. The first kappa shape index (κ1) is 19.0. The summed E-state index contributed by atoms with van der Waals surface area (Å²) >= 11 is 0. The molecule has 0 aliphatic heterocycles. The summed E-state index contributed by atoms with van der Waals surface area (Å²) in [5.41, 5.74) is 0.204. The molecule has 8 heteroatoms. The van der Waals surface area contributed by atoms with E-state index < -0.39 is 23.6 Å². The number of amides is 2. The van der Waals surface area contributed by atoms with Crippen molar-refractivity contribution in [2.75, 3.05) is 16.8 Å². The summed E-state index contributed by atoms with van der Waals surface area (Å²) in [6.07, 6.45) is -4.45. The highest BCUT2D eigenvalue weighted by Crippen LogP contribution is 2.29. The van der Waals surface area contributed by atoms with Crippen molar-refractivity contribution in [3.8, 4) is 6.07 Å². The van der Waals surface area contributed by atoms with Crippen molar-refractivity contribution >= 4 is 23.2 Å². The van der Waals surface area contributed by atoms with Gasteiger partial charge < -0.3 is 10.2 Å². The molecule has 26 heavy (non-hydrogen) atoms. The van der Waals surface area contributed by atoms with E-state index in [9.17, 15) is 22.8 Å². The zero-order valence-corrected chi connectivity index (χ0v) is 13.7. The first-order chi connectivity index (χ1) is 12.2. The Balaban J connectivity index is 2.08. The maximum atomic E-state index is 12.5. The lowest BCUT2D eigenvalue weighted by atomic mass is 10.2. The van der Waals surface area contributed by atoms with Gasteiger partial charge in [-0.1, -0.05) is 0 Å². The van der Waals surface area contributed by atoms with Crippen LogP contribution < -0.4 is 10.2 Å². The molecule has 2 aromatic carbocycles. The molecule has 0 atom stereocenters. The molecule has 0 fully saturated rings. The van der Waals surface area contributed by atoms with Crippen molar-refractivity contribution in [1.29, 1.82) is 5.26 Å². The van der Waals surface area contributed by atoms with Gasteiger partial charge in [-0.2, -0.15) is 18.4 Å². The van der Waals surface area contributed by atoms with Crippen LogP contribution in [0.4, 0.5) is 24.5 Å². The quantitative estimate of drug-likeness (QED) is 0.905. The molecule has 0 spiro atoms. The summed E-state index contributed by atoms with van der Waals surface area (Å²) in [6.45, 7) is 0.964. The van der Waals surface area contributed by atoms with Gasteiger partial charge in [-0.3, -0.25) is 9.59 Å². The second-order valence-electron chi connectivity index (χ2n) is 5.39. The van der Waals surface area contributed by atoms with Crippen molar-refractivity contribution in [3.05, 3.63) is 59.7 Å². The summed E-state index contributed by atoms with van der Waals surface area (Å²) < 4.78 is 37.6. The van der Waals surface area contributed by atoms with E-state index >= 15 is 0 Å². The maximum absolute atomic E-state index is 12.5. The lowest BCUT2D eigenvalue weighted by Crippen LogP contribution is -2.36. The van der Waals surface area contributed by atoms with Crippen molar-refractivity contribution < 1.29 is 22.8 Å². The zero-order chi connectivity index (χ0) is 19.3. The van der Waals surface area contributed by atoms with Gasteiger partial charge in [-0.05, 0) is 48.5 Å². The van der Waals surface area contributed by atoms with Crippen LogP contribution in [0.25, 0.3) is 0 Å². The molecule has 1 N–H and O–H groups in total. The van der Waals surface area contributed by atoms with E-state index in [4.69, 9.17) is 5.26 Å². The molecule has 0 saturated carbocycles. The van der Waals surface area contributed by atoms with Gasteiger partial charge in [0.25, 0.3) is 0 Å². The highest BCUT2D eigenvalue weighted by molar-refractivity contribution is 6.01. The Morgan fingerprint density at radius 1 is 1.08 bits per heavy atom. The smallest absolute Gasteiger partial charge is 0.325 e. The molecule has 0 aliphatic carbocycles. The first-order valence-electron chi connectivity index (χ1n) is 7.46. The van der Waals surface area contributed by atoms with Crippen LogP contribution in [0.3, 0.4) is 0 Å². The fourth-order valence-corrected chi connectivity index (χ4v) is 2.19. The number of carbonyl (C=O) groups excluding carboxylic acids is 2. The Hall–Kier alpha value is -3.34. The number of hydrogen-bond donors (Lipinski definition) is 1. The summed E-state index contributed by atoms with van der Waals surface area (Å²) in [5.74, 6) is -0.957. The molecular weight excluding hydrogens is 347 g/mol. The third kappa shape index (κ3) is 4.83. The Morgan fingerprint density at radius 3 is 2.12 bits per heavy atom. The minimum atomic E-state index is -4.45. The van der Waals surface area contributed by atoms with Crippen LogP contribution in [0.15, 0.2) is 48.5 Å². The number of nitriles is 1. The van der Waals surface area contributed by atoms with Crippen molar-refractivity contribution in [2.45, 2.75) is 13.1 Å². The average molecular weight is 361 g/mol. The van der Waals surface area contributed by atoms with Gasteiger partial charge >= 0.3 is 6.18 Å². The standard InChI is InChI=1S/C18H14F3N3O2/c1-12(25)24(16-8-2-13(10-22)3-9-16)11-17(26)23-15-6-4-14(5-7-15)18(19,20)21/h2-9H,11H2,1H3,(H,23,26). The fourth-order valence-electron chi connectivity index (χ4n) is 2.19. The molecule has 134 valence electrons. The predicted molar refractivity (Wildman–Crippen MR) is 89.3 cm³/mol. The molecule has 0 aliphatic rings. The summed E-state index contributed by atoms with van der Waals surface area (Å²) in [7, 11) is 0. The Bertz CT molecular complexity index is 838. The van der Waals surface area contributed by atoms with Gasteiger partial charge in [0.1, 0.15) is 6.54 Å². The molecule has 0 radical (unpaired) electrons. The lowest BCUT2D eigenvalue weighted by Gasteiger charge is -2.20. The van der Waals surface area contributed by atoms with Crippen molar-refractivity contribution in [1.82, 2.24) is 0 Å². The van der Waals surface area contributed by atoms with Gasteiger partial charge in [0.05, 0.1) is 17.2 Å². The number of nitrogens with one attached hydrogen (secondary N) is 1. The van der Waals surface area contributed by atoms with Crippen molar-refractivity contribution in [3.63, 3.8) is 0 Å². The molecule has 0 bridgehead atoms. The van der Waals surface area contributed by atoms with Crippen molar-refractivity contribution in [2.24, 2.45) is 0 Å². The Morgan fingerprint density at radius 2 is 1.65 bits per heavy atom. The number of hydrogen-bond acceptors (Lipinski definition) is 3. The highest BCUT2D eigenvalue weighted by atomic mass is 19.4. The average Bonchev–Trinajstić information content (AvgIpc) is 2.59. The fraction of sp³-hybridized carbons (Fsp3) is 0.167. The molecule has 2 rings (SSSR count). The number of halogens is 3. The van der Waals surface area contributed by atoms with Gasteiger partial charge in [-0.15, -0.1) is 0 Å². The molecule has 0 unspecified atom stereocenters. The van der Waals surface area contributed by atoms with Gasteiger partial charge in [0.15, 0.2) is 0 Å². The van der Waals surface area contributed by atoms with Crippen LogP contribution in [-0.4, -0.2) is 18.4 Å². The molecule has 0 heterocycles. The van der Waals surface area contributed by atoms with Crippen LogP contribution in [-0.2, 0) is 15.8 Å². The Labute approximate surface area is 147 Å². The first-order valence-corrected chi connectivity index (χ1v) is 7.46. The van der Waals surface area contributed by atoms with Gasteiger partial charge in [0, 0.05) is 18.3 Å². The zero-order valence-electron chi connectivity index (χ0n) is 13.7. The summed E-state index contributed by atoms with van der Waals surface area (Å²) in [6, 6.07) is 12.0. The van der Waals surface area contributed by atoms with E-state index in [0.29, 0.717) is 11.3 Å². The minimum Gasteiger partial charge on any atom is -0.325 e. The number of carbonyl (C=O) groups is 2. The number of benzene rings is 2. The highest BCUT2D eigenvalue weighted by Gasteiger charge is 2.30. The van der Waals surface area contributed by atoms with Crippen LogP contribution in [0.5, 0.6) is 0 Å². The third-order valence-electron chi connectivity index (χ3n) is 3.49. The molecule has 5 nitrogen and oxygen atoms in total. The van der Waals surface area contributed by atoms with Gasteiger partial charge in [-0.25, -0.2) is 0 Å². The topological polar surface area (TPSA) is 73.2 Å². The summed E-state index contributed by atoms with van der Waals surface area (Å²) in [5, 5.41) is 11.2. The number of alkyl halides is 3. The SMILES string of the molecule is CC(=O)N(CC(=O)Nc1ccc(C(F)(F)F)cc1)c1ccc(C#N)cc1. The number of anilines is 2.